The zero-order valence-electron chi connectivity index (χ0n) is 72.0. The highest BCUT2D eigenvalue weighted by atomic mass is 16.5. The van der Waals surface area contributed by atoms with Crippen LogP contribution >= 0.6 is 0 Å². The Bertz CT molecular complexity index is 3770. The molecule has 12 atom stereocenters. The molecule has 1 saturated heterocycles. The lowest BCUT2D eigenvalue weighted by atomic mass is 9.96. The molecule has 1 aliphatic carbocycles. The van der Waals surface area contributed by atoms with Crippen LogP contribution in [0.4, 0.5) is 4.79 Å². The first-order chi connectivity index (χ1) is 54.1. The second-order valence-electron chi connectivity index (χ2n) is 33.2. The number of rotatable bonds is 44. The molecule has 1 aliphatic heterocycles. The van der Waals surface area contributed by atoms with Crippen LogP contribution in [0.25, 0.3) is 17.2 Å². The number of ether oxygens (including phenoxy) is 2. The van der Waals surface area contributed by atoms with Crippen molar-refractivity contribution in [2.24, 2.45) is 35.5 Å². The van der Waals surface area contributed by atoms with E-state index in [0.717, 1.165) is 27.8 Å². The number of hydrogen-bond acceptors (Lipinski definition) is 17. The SMILES string of the molecule is CC[C@@H](C(=O)N(C)CC(=O)N(C)C(CC(C)C)C(=O)NC(C(=O)N(C)[C@@H](CC(C)C)C(=O)NC(C)C(=O)N[C@H](C)[C@H](O)N(C)C(CC(C)C)C(=O)N(C)C(CC(C)C)C(=O)N(C)[C@H](C(=O)NC)C(C)C)C(C)C)N1C(=O)C[C@H](O)C1C/C=C/c1ccc(C(=O)NCCOCCNC(=O)OCC2c3ccccc3-c3ccccc32)cc1. The molecule has 638 valence electrons. The maximum absolute atomic E-state index is 14.8. The number of alkyl carbamates (subject to hydrolysis) is 1. The highest BCUT2D eigenvalue weighted by molar-refractivity contribution is 5.98. The Kier molecular flexibility index (Phi) is 37.9. The van der Waals surface area contributed by atoms with E-state index in [-0.39, 0.29) is 119 Å². The number of nitrogens with zero attached hydrogens (tertiary/aromatic N) is 7. The van der Waals surface area contributed by atoms with Gasteiger partial charge < -0.3 is 81.0 Å². The van der Waals surface area contributed by atoms with Gasteiger partial charge in [0.2, 0.25) is 59.1 Å². The quantitative estimate of drug-likeness (QED) is 0.0229. The number of aliphatic hydroxyl groups excluding tert-OH is 2. The van der Waals surface area contributed by atoms with Crippen molar-refractivity contribution in [3.8, 4) is 11.1 Å². The fourth-order valence-electron chi connectivity index (χ4n) is 15.0. The van der Waals surface area contributed by atoms with E-state index in [4.69, 9.17) is 9.47 Å². The highest BCUT2D eigenvalue weighted by Gasteiger charge is 2.46. The van der Waals surface area contributed by atoms with Gasteiger partial charge in [-0.1, -0.05) is 163 Å². The number of fused-ring (bicyclic) bond motifs is 3. The molecule has 1 fully saturated rings. The van der Waals surface area contributed by atoms with Crippen LogP contribution in [0.2, 0.25) is 0 Å². The van der Waals surface area contributed by atoms with Crippen molar-refractivity contribution in [2.75, 3.05) is 88.8 Å². The topological polar surface area (TPSA) is 359 Å². The monoisotopic (exact) mass is 1600 g/mol. The van der Waals surface area contributed by atoms with Crippen LogP contribution in [0.1, 0.15) is 182 Å². The number of carbonyl (C=O) groups is 12. The number of benzene rings is 3. The lowest BCUT2D eigenvalue weighted by Gasteiger charge is -2.40. The number of carbonyl (C=O) groups excluding carboxylic acids is 12. The third-order valence-corrected chi connectivity index (χ3v) is 21.5. The van der Waals surface area contributed by atoms with Crippen LogP contribution in [0.5, 0.6) is 0 Å². The zero-order chi connectivity index (χ0) is 86.2. The van der Waals surface area contributed by atoms with Gasteiger partial charge in [-0.3, -0.25) is 57.6 Å². The second kappa shape index (κ2) is 45.3. The van der Waals surface area contributed by atoms with Crippen LogP contribution in [-0.4, -0.2) is 277 Å². The van der Waals surface area contributed by atoms with Crippen LogP contribution in [0, 0.1) is 35.5 Å². The molecule has 8 N–H and O–H groups in total. The van der Waals surface area contributed by atoms with E-state index in [1.165, 1.54) is 69.4 Å². The molecule has 0 bridgehead atoms. The molecule has 6 unspecified atom stereocenters. The van der Waals surface area contributed by atoms with Crippen molar-refractivity contribution in [3.63, 3.8) is 0 Å². The molecule has 29 nitrogen and oxygen atoms in total. The van der Waals surface area contributed by atoms with Crippen LogP contribution in [0.3, 0.4) is 0 Å². The third kappa shape index (κ3) is 26.6. The summed E-state index contributed by atoms with van der Waals surface area (Å²) in [6.07, 6.45) is 1.41. The van der Waals surface area contributed by atoms with E-state index in [1.54, 1.807) is 85.3 Å². The fourth-order valence-corrected chi connectivity index (χ4v) is 15.0. The van der Waals surface area contributed by atoms with Gasteiger partial charge in [0.05, 0.1) is 50.4 Å². The number of likely N-dealkylation sites (tertiary alicyclic amines) is 1. The summed E-state index contributed by atoms with van der Waals surface area (Å²) in [5.41, 5.74) is 5.65. The molecule has 2 aliphatic rings. The normalized spacial score (nSPS) is 16.8. The molecule has 0 saturated carbocycles. The first-order valence-corrected chi connectivity index (χ1v) is 40.6. The van der Waals surface area contributed by atoms with Gasteiger partial charge in [0.15, 0.2) is 0 Å². The maximum Gasteiger partial charge on any atom is 0.407 e. The molecular weight excluding hydrogens is 1470 g/mol. The van der Waals surface area contributed by atoms with E-state index in [2.05, 4.69) is 56.2 Å². The standard InChI is InChI=1S/C86H133N13O16/c1-23-65(99-66(71(100)47-72(99)101)34-28-29-58-35-37-59(38-36-58)77(104)88-39-41-114-42-40-89-86(113)115-49-64-62-32-26-24-30-60(62)61-31-25-27-33-63(61)64)82(109)93(17)48-73(102)94(18)67(43-50(2)3)79(106)92-74(54(10)11)85(112)95(19)68(44-51(4)5)78(105)90-56(14)76(103)91-57(15)81(108)96(20)69(45-52(6)7)83(110)97(21)70(46-53(8)9)84(111)98(22)75(55(12)13)80(107)87-16/h24-33,35-38,50-57,64-71,74-75,81,100,108H,23,34,39-49H2,1-22H3,(H,87,107)(H,88,104)(H,89,113)(H,90,105)(H,91,103)(H,92,106)/b29-28+/t56?,57-,65+,66?,67?,68+,69?,70?,71+,74?,75+,81+/m1/s1. The third-order valence-electron chi connectivity index (χ3n) is 21.5. The van der Waals surface area contributed by atoms with Gasteiger partial charge in [0.1, 0.15) is 55.1 Å². The van der Waals surface area contributed by atoms with Gasteiger partial charge in [-0.25, -0.2) is 4.79 Å². The summed E-state index contributed by atoms with van der Waals surface area (Å²) in [6.45, 7) is 27.6. The average molecular weight is 1610 g/mol. The van der Waals surface area contributed by atoms with Gasteiger partial charge in [-0.2, -0.15) is 0 Å². The summed E-state index contributed by atoms with van der Waals surface area (Å²) in [5, 5.41) is 39.7. The zero-order valence-corrected chi connectivity index (χ0v) is 72.0. The minimum absolute atomic E-state index is 0.0224. The number of amides is 12. The first-order valence-electron chi connectivity index (χ1n) is 40.6. The summed E-state index contributed by atoms with van der Waals surface area (Å²) in [6, 6.07) is 12.7. The lowest BCUT2D eigenvalue weighted by Crippen LogP contribution is -2.61. The largest absolute Gasteiger partial charge is 0.449 e. The first kappa shape index (κ1) is 96.3. The number of aliphatic hydroxyl groups is 2. The minimum Gasteiger partial charge on any atom is -0.449 e. The summed E-state index contributed by atoms with van der Waals surface area (Å²) in [4.78, 5) is 177. The molecule has 3 aromatic carbocycles. The van der Waals surface area contributed by atoms with E-state index in [9.17, 15) is 67.7 Å². The average Bonchev–Trinajstić information content (AvgIpc) is 1.61. The van der Waals surface area contributed by atoms with Crippen LogP contribution in [0.15, 0.2) is 78.9 Å². The lowest BCUT2D eigenvalue weighted by molar-refractivity contribution is -0.153. The van der Waals surface area contributed by atoms with Gasteiger partial charge in [0.25, 0.3) is 5.91 Å². The van der Waals surface area contributed by atoms with E-state index >= 15 is 0 Å². The number of likely N-dealkylation sites (N-methyl/N-ethyl adjacent to an activating group) is 7. The minimum atomic E-state index is -1.45. The van der Waals surface area contributed by atoms with Gasteiger partial charge in [-0.15, -0.1) is 0 Å². The summed E-state index contributed by atoms with van der Waals surface area (Å²) < 4.78 is 11.2. The van der Waals surface area contributed by atoms with E-state index < -0.39 is 144 Å². The predicted molar refractivity (Wildman–Crippen MR) is 442 cm³/mol. The predicted octanol–water partition coefficient (Wildman–Crippen LogP) is 6.24. The molecule has 0 spiro atoms. The van der Waals surface area contributed by atoms with Crippen LogP contribution in [-0.2, 0) is 57.4 Å². The van der Waals surface area contributed by atoms with E-state index in [1.807, 2.05) is 93.5 Å². The highest BCUT2D eigenvalue weighted by Crippen LogP contribution is 2.44. The number of nitrogens with one attached hydrogen (secondary N) is 6. The van der Waals surface area contributed by atoms with E-state index in [0.29, 0.717) is 12.0 Å². The van der Waals surface area contributed by atoms with Gasteiger partial charge in [0, 0.05) is 66.9 Å². The second-order valence-corrected chi connectivity index (χ2v) is 33.2. The Balaban J connectivity index is 1.14. The van der Waals surface area contributed by atoms with Gasteiger partial charge >= 0.3 is 6.09 Å². The Morgan fingerprint density at radius 1 is 0.574 bits per heavy atom. The summed E-state index contributed by atoms with van der Waals surface area (Å²) >= 11 is 0. The Labute approximate surface area is 681 Å². The summed E-state index contributed by atoms with van der Waals surface area (Å²) in [7, 11) is 10.4. The molecule has 115 heavy (non-hydrogen) atoms. The molecule has 0 aromatic heterocycles. The Hall–Kier alpha value is -9.32. The van der Waals surface area contributed by atoms with Gasteiger partial charge in [-0.05, 0) is 135 Å². The molecule has 0 radical (unpaired) electrons. The Morgan fingerprint density at radius 2 is 1.08 bits per heavy atom. The van der Waals surface area contributed by atoms with Crippen molar-refractivity contribution in [1.29, 1.82) is 0 Å². The molecule has 12 amide bonds. The van der Waals surface area contributed by atoms with Crippen molar-refractivity contribution < 1.29 is 77.2 Å². The van der Waals surface area contributed by atoms with Crippen LogP contribution < -0.4 is 31.9 Å². The van der Waals surface area contributed by atoms with Crippen molar-refractivity contribution in [2.45, 2.75) is 227 Å². The Morgan fingerprint density at radius 3 is 1.61 bits per heavy atom. The smallest absolute Gasteiger partial charge is 0.407 e. The molecule has 5 rings (SSSR count). The summed E-state index contributed by atoms with van der Waals surface area (Å²) in [5.74, 6) is -6.98. The number of hydrogen-bond donors (Lipinski definition) is 8. The maximum atomic E-state index is 14.8. The molecule has 1 heterocycles. The molecule has 3 aromatic rings. The fraction of sp³-hybridized carbons (Fsp3) is 0.628. The van der Waals surface area contributed by atoms with Crippen molar-refractivity contribution in [1.82, 2.24) is 66.2 Å². The van der Waals surface area contributed by atoms with Crippen molar-refractivity contribution >= 4 is 77.1 Å². The van der Waals surface area contributed by atoms with Crippen molar-refractivity contribution in [3.05, 3.63) is 101 Å². The molecule has 29 heteroatoms. The molecular formula is C86H133N13O16.